The number of ether oxygens (including phenoxy) is 1. The third kappa shape index (κ3) is 3.31. The number of aromatic amines is 1. The lowest BCUT2D eigenvalue weighted by atomic mass is 10.3. The molecule has 0 radical (unpaired) electrons. The Bertz CT molecular complexity index is 617. The van der Waals surface area contributed by atoms with E-state index in [2.05, 4.69) is 19.9 Å². The second-order valence-electron chi connectivity index (χ2n) is 3.70. The molecule has 5 nitrogen and oxygen atoms in total. The number of nitrogens with zero attached hydrogens (tertiary/aromatic N) is 3. The summed E-state index contributed by atoms with van der Waals surface area (Å²) in [6.45, 7) is -1.37. The van der Waals surface area contributed by atoms with Crippen LogP contribution >= 0.6 is 12.2 Å². The monoisotopic (exact) mass is 290 g/mol. The van der Waals surface area contributed by atoms with Crippen molar-refractivity contribution in [3.05, 3.63) is 23.1 Å². The largest absolute Gasteiger partial charge is 0.468 e. The van der Waals surface area contributed by atoms with Crippen LogP contribution in [-0.2, 0) is 7.05 Å². The highest BCUT2D eigenvalue weighted by molar-refractivity contribution is 7.71. The molecule has 0 spiro atoms. The van der Waals surface area contributed by atoms with Crippen molar-refractivity contribution in [2.45, 2.75) is 6.18 Å². The normalized spacial score (nSPS) is 11.6. The van der Waals surface area contributed by atoms with E-state index in [1.807, 2.05) is 0 Å². The first-order valence-corrected chi connectivity index (χ1v) is 5.55. The fourth-order valence-corrected chi connectivity index (χ4v) is 1.49. The maximum Gasteiger partial charge on any atom is 0.422 e. The summed E-state index contributed by atoms with van der Waals surface area (Å²) in [4.78, 5) is 3.79. The molecule has 0 aliphatic rings. The van der Waals surface area contributed by atoms with Crippen LogP contribution < -0.4 is 4.74 Å². The Labute approximate surface area is 111 Å². The van der Waals surface area contributed by atoms with Gasteiger partial charge in [0.2, 0.25) is 5.88 Å². The topological polar surface area (TPSA) is 55.7 Å². The number of halogens is 3. The Morgan fingerprint density at radius 3 is 2.63 bits per heavy atom. The van der Waals surface area contributed by atoms with Crippen molar-refractivity contribution in [1.82, 2.24) is 19.7 Å². The summed E-state index contributed by atoms with van der Waals surface area (Å²) < 4.78 is 42.4. The van der Waals surface area contributed by atoms with Gasteiger partial charge < -0.3 is 9.30 Å². The molecule has 2 heterocycles. The van der Waals surface area contributed by atoms with Crippen molar-refractivity contribution in [2.24, 2.45) is 7.05 Å². The van der Waals surface area contributed by atoms with Gasteiger partial charge in [-0.3, -0.25) is 5.10 Å². The van der Waals surface area contributed by atoms with Crippen LogP contribution in [0.2, 0.25) is 0 Å². The summed E-state index contributed by atoms with van der Waals surface area (Å²) >= 11 is 4.96. The van der Waals surface area contributed by atoms with Gasteiger partial charge >= 0.3 is 6.18 Å². The van der Waals surface area contributed by atoms with Gasteiger partial charge in [-0.2, -0.15) is 18.3 Å². The van der Waals surface area contributed by atoms with Crippen LogP contribution in [0.3, 0.4) is 0 Å². The summed E-state index contributed by atoms with van der Waals surface area (Å²) in [6, 6.07) is 2.91. The Balaban J connectivity index is 2.15. The van der Waals surface area contributed by atoms with Crippen molar-refractivity contribution in [3.63, 3.8) is 0 Å². The molecule has 0 fully saturated rings. The van der Waals surface area contributed by atoms with Crippen LogP contribution in [0.4, 0.5) is 13.2 Å². The van der Waals surface area contributed by atoms with E-state index in [1.54, 1.807) is 17.7 Å². The average Bonchev–Trinajstić information content (AvgIpc) is 2.68. The maximum atomic E-state index is 12.0. The van der Waals surface area contributed by atoms with Gasteiger partial charge in [0.1, 0.15) is 0 Å². The predicted octanol–water partition coefficient (Wildman–Crippen LogP) is 2.48. The fourth-order valence-electron chi connectivity index (χ4n) is 1.36. The fraction of sp³-hybridized carbons (Fsp3) is 0.300. The van der Waals surface area contributed by atoms with Gasteiger partial charge in [0.25, 0.3) is 0 Å². The highest BCUT2D eigenvalue weighted by Crippen LogP contribution is 2.20. The number of rotatable bonds is 3. The summed E-state index contributed by atoms with van der Waals surface area (Å²) in [5.74, 6) is 0.442. The highest BCUT2D eigenvalue weighted by Gasteiger charge is 2.28. The summed E-state index contributed by atoms with van der Waals surface area (Å²) in [5, 5.41) is 6.59. The summed E-state index contributed by atoms with van der Waals surface area (Å²) in [6.07, 6.45) is -3.01. The Hall–Kier alpha value is -1.90. The molecule has 1 N–H and O–H groups in total. The molecule has 2 aromatic heterocycles. The Kier molecular flexibility index (Phi) is 3.56. The van der Waals surface area contributed by atoms with E-state index in [9.17, 15) is 13.2 Å². The predicted molar refractivity (Wildman–Crippen MR) is 63.2 cm³/mol. The first kappa shape index (κ1) is 13.5. The maximum absolute atomic E-state index is 12.0. The molecule has 0 saturated heterocycles. The first-order chi connectivity index (χ1) is 8.87. The van der Waals surface area contributed by atoms with Gasteiger partial charge in [0, 0.05) is 24.9 Å². The highest BCUT2D eigenvalue weighted by atomic mass is 32.1. The van der Waals surface area contributed by atoms with E-state index in [4.69, 9.17) is 12.2 Å². The van der Waals surface area contributed by atoms with Crippen LogP contribution in [0.15, 0.2) is 18.3 Å². The van der Waals surface area contributed by atoms with Gasteiger partial charge in [-0.05, 0) is 18.3 Å². The van der Waals surface area contributed by atoms with E-state index in [0.717, 1.165) is 0 Å². The Morgan fingerprint density at radius 1 is 1.42 bits per heavy atom. The molecular formula is C10H9F3N4OS. The van der Waals surface area contributed by atoms with E-state index < -0.39 is 12.8 Å². The van der Waals surface area contributed by atoms with Gasteiger partial charge in [-0.1, -0.05) is 0 Å². The number of hydrogen-bond donors (Lipinski definition) is 1. The van der Waals surface area contributed by atoms with Crippen LogP contribution in [-0.4, -0.2) is 32.5 Å². The van der Waals surface area contributed by atoms with E-state index in [0.29, 0.717) is 16.2 Å². The first-order valence-electron chi connectivity index (χ1n) is 5.14. The van der Waals surface area contributed by atoms with Gasteiger partial charge in [0.15, 0.2) is 17.2 Å². The minimum absolute atomic E-state index is 0.0992. The minimum Gasteiger partial charge on any atom is -0.468 e. The molecular weight excluding hydrogens is 281 g/mol. The van der Waals surface area contributed by atoms with Crippen molar-refractivity contribution < 1.29 is 17.9 Å². The SMILES string of the molecule is Cn1c(-c2ccc(OCC(F)(F)F)nc2)n[nH]c1=S. The van der Waals surface area contributed by atoms with Crippen LogP contribution in [0.25, 0.3) is 11.4 Å². The lowest BCUT2D eigenvalue weighted by Crippen LogP contribution is -2.19. The number of alkyl halides is 3. The number of H-pyrrole nitrogens is 1. The van der Waals surface area contributed by atoms with Gasteiger partial charge in [-0.15, -0.1) is 0 Å². The molecule has 0 aliphatic carbocycles. The van der Waals surface area contributed by atoms with E-state index in [-0.39, 0.29) is 5.88 Å². The minimum atomic E-state index is -4.38. The molecule has 0 saturated carbocycles. The third-order valence-electron chi connectivity index (χ3n) is 2.26. The zero-order valence-corrected chi connectivity index (χ0v) is 10.5. The molecule has 19 heavy (non-hydrogen) atoms. The second-order valence-corrected chi connectivity index (χ2v) is 4.09. The molecule has 0 amide bonds. The molecule has 0 aliphatic heterocycles. The van der Waals surface area contributed by atoms with E-state index in [1.165, 1.54) is 12.3 Å². The zero-order valence-electron chi connectivity index (χ0n) is 9.73. The zero-order chi connectivity index (χ0) is 14.0. The average molecular weight is 290 g/mol. The molecule has 0 atom stereocenters. The van der Waals surface area contributed by atoms with Crippen molar-refractivity contribution >= 4 is 12.2 Å². The molecule has 9 heteroatoms. The lowest BCUT2D eigenvalue weighted by molar-refractivity contribution is -0.154. The molecule has 2 rings (SSSR count). The van der Waals surface area contributed by atoms with Crippen LogP contribution in [0.5, 0.6) is 5.88 Å². The van der Waals surface area contributed by atoms with E-state index >= 15 is 0 Å². The van der Waals surface area contributed by atoms with Gasteiger partial charge in [0.05, 0.1) is 0 Å². The molecule has 0 bridgehead atoms. The van der Waals surface area contributed by atoms with Crippen molar-refractivity contribution in [2.75, 3.05) is 6.61 Å². The number of aromatic nitrogens is 4. The molecule has 102 valence electrons. The van der Waals surface area contributed by atoms with Crippen molar-refractivity contribution in [1.29, 1.82) is 0 Å². The standard InChI is InChI=1S/C10H9F3N4OS/c1-17-8(15-16-9(17)19)6-2-3-7(14-4-6)18-5-10(11,12)13/h2-4H,5H2,1H3,(H,16,19). The van der Waals surface area contributed by atoms with Crippen LogP contribution in [0.1, 0.15) is 0 Å². The third-order valence-corrected chi connectivity index (χ3v) is 2.62. The molecule has 0 aromatic carbocycles. The lowest BCUT2D eigenvalue weighted by Gasteiger charge is -2.08. The number of hydrogen-bond acceptors (Lipinski definition) is 4. The van der Waals surface area contributed by atoms with Crippen molar-refractivity contribution in [3.8, 4) is 17.3 Å². The summed E-state index contributed by atoms with van der Waals surface area (Å²) in [7, 11) is 1.72. The smallest absolute Gasteiger partial charge is 0.422 e. The van der Waals surface area contributed by atoms with Crippen LogP contribution in [0, 0.1) is 4.77 Å². The quantitative estimate of drug-likeness (QED) is 0.882. The molecule has 0 unspecified atom stereocenters. The summed E-state index contributed by atoms with van der Waals surface area (Å²) in [5.41, 5.74) is 0.620. The van der Waals surface area contributed by atoms with Gasteiger partial charge in [-0.25, -0.2) is 4.98 Å². The molecule has 2 aromatic rings. The number of pyridine rings is 1. The Morgan fingerprint density at radius 2 is 2.16 bits per heavy atom. The number of nitrogens with one attached hydrogen (secondary N) is 1. The second kappa shape index (κ2) is 5.00.